The highest BCUT2D eigenvalue weighted by molar-refractivity contribution is 6.38. The van der Waals surface area contributed by atoms with Crippen molar-refractivity contribution in [2.24, 2.45) is 16.1 Å². The Balaban J connectivity index is 1.40. The van der Waals surface area contributed by atoms with Crippen LogP contribution in [0.15, 0.2) is 119 Å². The Morgan fingerprint density at radius 3 is 2.15 bits per heavy atom. The van der Waals surface area contributed by atoms with Crippen LogP contribution in [0.5, 0.6) is 5.75 Å². The van der Waals surface area contributed by atoms with Crippen LogP contribution in [0.1, 0.15) is 38.7 Å². The molecule has 1 N–H and O–H groups in total. The monoisotopic (exact) mass is 511 g/mol. The Bertz CT molecular complexity index is 1700. The molecule has 1 aliphatic carbocycles. The summed E-state index contributed by atoms with van der Waals surface area (Å²) in [4.78, 5) is 31.2. The van der Waals surface area contributed by atoms with Gasteiger partial charge in [0.05, 0.1) is 30.6 Å². The van der Waals surface area contributed by atoms with Gasteiger partial charge in [-0.3, -0.25) is 9.59 Å². The van der Waals surface area contributed by atoms with Crippen molar-refractivity contribution in [1.82, 2.24) is 4.98 Å². The first kappa shape index (κ1) is 24.2. The summed E-state index contributed by atoms with van der Waals surface area (Å²) in [5.74, 6) is -1.39. The number of Topliss-reactive ketones (excluding diaryl/α,β-unsaturated/α-hetero) is 2. The average Bonchev–Trinajstić information content (AvgIpc) is 3.52. The molecule has 1 aromatic heterocycles. The molecule has 0 amide bonds. The van der Waals surface area contributed by atoms with Gasteiger partial charge in [-0.25, -0.2) is 0 Å². The molecular weight excluding hydrogens is 486 g/mol. The maximum absolute atomic E-state index is 14.3. The Labute approximate surface area is 225 Å². The Morgan fingerprint density at radius 1 is 0.846 bits per heavy atom. The number of carbonyl (C=O) groups excluding carboxylic acids is 2. The molecular formula is C33H25N3O3. The lowest BCUT2D eigenvalue weighted by Gasteiger charge is -2.20. The van der Waals surface area contributed by atoms with Gasteiger partial charge in [0.2, 0.25) is 0 Å². The van der Waals surface area contributed by atoms with Crippen LogP contribution in [-0.4, -0.2) is 35.6 Å². The second-order valence-electron chi connectivity index (χ2n) is 9.41. The van der Waals surface area contributed by atoms with Crippen LogP contribution < -0.4 is 4.74 Å². The number of aromatic amines is 1. The molecule has 6 nitrogen and oxygen atoms in total. The fraction of sp³-hybridized carbons (Fsp3) is 0.0909. The number of methoxy groups -OCH3 is 1. The third kappa shape index (κ3) is 4.57. The van der Waals surface area contributed by atoms with Crippen molar-refractivity contribution in [3.63, 3.8) is 0 Å². The first-order chi connectivity index (χ1) is 19.1. The first-order valence-electron chi connectivity index (χ1n) is 12.7. The van der Waals surface area contributed by atoms with E-state index in [1.165, 1.54) is 0 Å². The van der Waals surface area contributed by atoms with Crippen LogP contribution in [0.25, 0.3) is 10.9 Å². The summed E-state index contributed by atoms with van der Waals surface area (Å²) < 4.78 is 5.31. The Kier molecular flexibility index (Phi) is 6.43. The van der Waals surface area contributed by atoms with E-state index in [4.69, 9.17) is 4.74 Å². The number of hydrogen-bond acceptors (Lipinski definition) is 5. The first-order valence-corrected chi connectivity index (χ1v) is 12.7. The number of aromatic nitrogens is 1. The number of rotatable bonds is 7. The van der Waals surface area contributed by atoms with E-state index >= 15 is 0 Å². The van der Waals surface area contributed by atoms with Crippen LogP contribution in [-0.2, 0) is 4.79 Å². The number of ether oxygens (including phenoxy) is 1. The molecule has 0 aliphatic heterocycles. The van der Waals surface area contributed by atoms with Crippen molar-refractivity contribution in [1.29, 1.82) is 0 Å². The molecule has 6 heteroatoms. The molecule has 190 valence electrons. The normalized spacial score (nSPS) is 15.9. The molecule has 1 heterocycles. The number of carbonyl (C=O) groups is 2. The van der Waals surface area contributed by atoms with E-state index in [1.54, 1.807) is 25.5 Å². The van der Waals surface area contributed by atoms with Gasteiger partial charge in [-0.1, -0.05) is 84.9 Å². The lowest BCUT2D eigenvalue weighted by atomic mass is 9.80. The zero-order valence-electron chi connectivity index (χ0n) is 21.2. The van der Waals surface area contributed by atoms with Gasteiger partial charge in [0, 0.05) is 22.0 Å². The van der Waals surface area contributed by atoms with Crippen molar-refractivity contribution in [2.45, 2.75) is 5.92 Å². The van der Waals surface area contributed by atoms with Gasteiger partial charge in [0.25, 0.3) is 0 Å². The average molecular weight is 512 g/mol. The minimum absolute atomic E-state index is 0.222. The van der Waals surface area contributed by atoms with Gasteiger partial charge in [-0.2, -0.15) is 10.2 Å². The molecule has 0 spiro atoms. The van der Waals surface area contributed by atoms with Crippen molar-refractivity contribution < 1.29 is 14.3 Å². The van der Waals surface area contributed by atoms with E-state index in [9.17, 15) is 9.59 Å². The topological polar surface area (TPSA) is 83.9 Å². The molecule has 0 saturated carbocycles. The van der Waals surface area contributed by atoms with Crippen LogP contribution in [0.4, 0.5) is 0 Å². The van der Waals surface area contributed by atoms with E-state index in [1.807, 2.05) is 97.1 Å². The van der Waals surface area contributed by atoms with Crippen LogP contribution in [0, 0.1) is 5.92 Å². The smallest absolute Gasteiger partial charge is 0.180 e. The van der Waals surface area contributed by atoms with E-state index < -0.39 is 11.8 Å². The molecule has 39 heavy (non-hydrogen) atoms. The van der Waals surface area contributed by atoms with Crippen molar-refractivity contribution in [3.05, 3.63) is 137 Å². The van der Waals surface area contributed by atoms with Gasteiger partial charge in [-0.05, 0) is 35.4 Å². The predicted octanol–water partition coefficient (Wildman–Crippen LogP) is 6.21. The quantitative estimate of drug-likeness (QED) is 0.160. The van der Waals surface area contributed by atoms with E-state index in [-0.39, 0.29) is 11.6 Å². The van der Waals surface area contributed by atoms with Crippen molar-refractivity contribution in [2.75, 3.05) is 7.11 Å². The fourth-order valence-electron chi connectivity index (χ4n) is 5.19. The maximum atomic E-state index is 14.3. The van der Waals surface area contributed by atoms with Gasteiger partial charge in [0.1, 0.15) is 11.7 Å². The fourth-order valence-corrected chi connectivity index (χ4v) is 5.19. The number of fused-ring (bicyclic) bond motifs is 2. The van der Waals surface area contributed by atoms with Gasteiger partial charge in [0.15, 0.2) is 11.6 Å². The summed E-state index contributed by atoms with van der Waals surface area (Å²) >= 11 is 0. The summed E-state index contributed by atoms with van der Waals surface area (Å²) in [5, 5.41) is 9.79. The highest BCUT2D eigenvalue weighted by Gasteiger charge is 2.44. The number of benzene rings is 4. The van der Waals surface area contributed by atoms with E-state index in [0.717, 1.165) is 33.5 Å². The Hall–Kier alpha value is -5.10. The third-order valence-electron chi connectivity index (χ3n) is 7.05. The number of ketones is 2. The molecule has 5 aromatic rings. The summed E-state index contributed by atoms with van der Waals surface area (Å²) in [5.41, 5.74) is 4.83. The number of hydrogen-bond donors (Lipinski definition) is 1. The molecule has 0 unspecified atom stereocenters. The third-order valence-corrected chi connectivity index (χ3v) is 7.05. The molecule has 0 fully saturated rings. The number of nitrogens with one attached hydrogen (secondary N) is 1. The van der Waals surface area contributed by atoms with Crippen molar-refractivity contribution >= 4 is 34.4 Å². The van der Waals surface area contributed by atoms with Gasteiger partial charge < -0.3 is 9.72 Å². The van der Waals surface area contributed by atoms with E-state index in [2.05, 4.69) is 15.2 Å². The summed E-state index contributed by atoms with van der Waals surface area (Å²) in [7, 11) is 1.63. The van der Waals surface area contributed by atoms with Gasteiger partial charge in [-0.15, -0.1) is 0 Å². The summed E-state index contributed by atoms with van der Waals surface area (Å²) in [6.45, 7) is 0. The lowest BCUT2D eigenvalue weighted by molar-refractivity contribution is -0.120. The number of H-pyrrole nitrogens is 1. The largest absolute Gasteiger partial charge is 0.497 e. The molecule has 1 aliphatic rings. The highest BCUT2D eigenvalue weighted by Crippen LogP contribution is 2.35. The minimum atomic E-state index is -1.06. The summed E-state index contributed by atoms with van der Waals surface area (Å²) in [6, 6.07) is 34.0. The van der Waals surface area contributed by atoms with Crippen LogP contribution in [0.3, 0.4) is 0 Å². The molecule has 0 radical (unpaired) electrons. The lowest BCUT2D eigenvalue weighted by Crippen LogP contribution is -2.31. The zero-order chi connectivity index (χ0) is 26.8. The Morgan fingerprint density at radius 2 is 1.49 bits per heavy atom. The van der Waals surface area contributed by atoms with Crippen LogP contribution >= 0.6 is 0 Å². The van der Waals surface area contributed by atoms with Crippen LogP contribution in [0.2, 0.25) is 0 Å². The number of nitrogens with zero attached hydrogens (tertiary/aromatic N) is 2. The predicted molar refractivity (Wildman–Crippen MR) is 153 cm³/mol. The standard InChI is InChI=1S/C33H25N3O3/c1-39-25-16-17-28-23(19-25)18-24(35-28)20-34-36-31-26-14-8-9-15-27(26)32(37)30(31)33(38)29(21-10-4-2-5-11-21)22-12-6-3-7-13-22/h2-20,29-30,35H,1H3/b34-20-,36-31+/t30-/m1/s1. The van der Waals surface area contributed by atoms with Crippen molar-refractivity contribution in [3.8, 4) is 5.75 Å². The minimum Gasteiger partial charge on any atom is -0.497 e. The second kappa shape index (κ2) is 10.3. The molecule has 0 bridgehead atoms. The second-order valence-corrected chi connectivity index (χ2v) is 9.41. The molecule has 4 aromatic carbocycles. The molecule has 1 atom stereocenters. The SMILES string of the molecule is COc1ccc2[nH]c(/C=N\N=C3/c4ccccc4C(=O)[C@@H]3C(=O)C(c3ccccc3)c3ccccc3)cc2c1. The molecule has 0 saturated heterocycles. The summed E-state index contributed by atoms with van der Waals surface area (Å²) in [6.07, 6.45) is 1.60. The molecule has 6 rings (SSSR count). The van der Waals surface area contributed by atoms with E-state index in [0.29, 0.717) is 16.8 Å². The van der Waals surface area contributed by atoms with Gasteiger partial charge >= 0.3 is 0 Å². The maximum Gasteiger partial charge on any atom is 0.180 e. The highest BCUT2D eigenvalue weighted by atomic mass is 16.5. The zero-order valence-corrected chi connectivity index (χ0v) is 21.2.